The van der Waals surface area contributed by atoms with Gasteiger partial charge in [-0.2, -0.15) is 0 Å². The van der Waals surface area contributed by atoms with Gasteiger partial charge in [-0.05, 0) is 42.0 Å². The van der Waals surface area contributed by atoms with E-state index in [0.29, 0.717) is 6.61 Å². The zero-order valence-corrected chi connectivity index (χ0v) is 15.6. The second kappa shape index (κ2) is 8.26. The SMILES string of the molecule is O=C(c1cccc(COc2cccc3ccccc23)c1)N1CCCCCC1. The predicted molar refractivity (Wildman–Crippen MR) is 109 cm³/mol. The van der Waals surface area contributed by atoms with Gasteiger partial charge in [-0.1, -0.05) is 61.4 Å². The lowest BCUT2D eigenvalue weighted by Crippen LogP contribution is -2.31. The second-order valence-corrected chi connectivity index (χ2v) is 7.17. The summed E-state index contributed by atoms with van der Waals surface area (Å²) in [6.45, 7) is 2.19. The molecule has 1 saturated heterocycles. The number of hydrogen-bond acceptors (Lipinski definition) is 2. The minimum Gasteiger partial charge on any atom is -0.488 e. The normalized spacial score (nSPS) is 14.7. The van der Waals surface area contributed by atoms with Crippen LogP contribution in [-0.2, 0) is 6.61 Å². The minimum absolute atomic E-state index is 0.143. The van der Waals surface area contributed by atoms with Gasteiger partial charge < -0.3 is 9.64 Å². The molecule has 1 fully saturated rings. The van der Waals surface area contributed by atoms with E-state index in [-0.39, 0.29) is 5.91 Å². The van der Waals surface area contributed by atoms with E-state index in [4.69, 9.17) is 4.74 Å². The number of carbonyl (C=O) groups is 1. The highest BCUT2D eigenvalue weighted by atomic mass is 16.5. The molecule has 4 rings (SSSR count). The molecule has 138 valence electrons. The van der Waals surface area contributed by atoms with Crippen molar-refractivity contribution < 1.29 is 9.53 Å². The monoisotopic (exact) mass is 359 g/mol. The number of ether oxygens (including phenoxy) is 1. The smallest absolute Gasteiger partial charge is 0.253 e. The van der Waals surface area contributed by atoms with Crippen LogP contribution in [0.3, 0.4) is 0 Å². The summed E-state index contributed by atoms with van der Waals surface area (Å²) in [4.78, 5) is 14.8. The number of amides is 1. The van der Waals surface area contributed by atoms with Crippen LogP contribution in [0, 0.1) is 0 Å². The summed E-state index contributed by atoms with van der Waals surface area (Å²) in [7, 11) is 0. The molecular weight excluding hydrogens is 334 g/mol. The van der Waals surface area contributed by atoms with E-state index in [9.17, 15) is 4.79 Å². The van der Waals surface area contributed by atoms with Crippen LogP contribution < -0.4 is 4.74 Å². The number of fused-ring (bicyclic) bond motifs is 1. The van der Waals surface area contributed by atoms with E-state index in [2.05, 4.69) is 18.2 Å². The Balaban J connectivity index is 1.48. The number of hydrogen-bond donors (Lipinski definition) is 0. The van der Waals surface area contributed by atoms with E-state index < -0.39 is 0 Å². The molecule has 0 N–H and O–H groups in total. The summed E-state index contributed by atoms with van der Waals surface area (Å²) in [6.07, 6.45) is 4.66. The Labute approximate surface area is 160 Å². The van der Waals surface area contributed by atoms with Crippen LogP contribution in [0.25, 0.3) is 10.8 Å². The minimum atomic E-state index is 0.143. The van der Waals surface area contributed by atoms with Crippen molar-refractivity contribution >= 4 is 16.7 Å². The molecule has 0 saturated carbocycles. The Kier molecular flexibility index (Phi) is 5.38. The molecule has 1 aliphatic rings. The summed E-state index contributed by atoms with van der Waals surface area (Å²) >= 11 is 0. The molecule has 1 heterocycles. The Morgan fingerprint density at radius 1 is 0.852 bits per heavy atom. The Morgan fingerprint density at radius 3 is 2.44 bits per heavy atom. The van der Waals surface area contributed by atoms with Crippen molar-refractivity contribution in [3.63, 3.8) is 0 Å². The van der Waals surface area contributed by atoms with E-state index >= 15 is 0 Å². The first-order chi connectivity index (χ1) is 13.3. The van der Waals surface area contributed by atoms with Gasteiger partial charge in [-0.3, -0.25) is 4.79 Å². The van der Waals surface area contributed by atoms with Crippen molar-refractivity contribution in [1.82, 2.24) is 4.90 Å². The van der Waals surface area contributed by atoms with Crippen LogP contribution >= 0.6 is 0 Å². The summed E-state index contributed by atoms with van der Waals surface area (Å²) < 4.78 is 6.08. The van der Waals surface area contributed by atoms with E-state index in [1.54, 1.807) is 0 Å². The second-order valence-electron chi connectivity index (χ2n) is 7.17. The van der Waals surface area contributed by atoms with Crippen molar-refractivity contribution in [2.24, 2.45) is 0 Å². The highest BCUT2D eigenvalue weighted by Crippen LogP contribution is 2.26. The Morgan fingerprint density at radius 2 is 1.59 bits per heavy atom. The average molecular weight is 359 g/mol. The van der Waals surface area contributed by atoms with E-state index in [1.165, 1.54) is 18.2 Å². The molecule has 0 unspecified atom stereocenters. The molecule has 0 spiro atoms. The standard InChI is InChI=1S/C24H25NO2/c26-24(25-15-5-1-2-6-16-25)21-12-7-9-19(17-21)18-27-23-14-8-11-20-10-3-4-13-22(20)23/h3-4,7-14,17H,1-2,5-6,15-16,18H2. The van der Waals surface area contributed by atoms with Gasteiger partial charge >= 0.3 is 0 Å². The molecule has 27 heavy (non-hydrogen) atoms. The number of likely N-dealkylation sites (tertiary alicyclic amines) is 1. The van der Waals surface area contributed by atoms with Crippen molar-refractivity contribution in [3.8, 4) is 5.75 Å². The van der Waals surface area contributed by atoms with Gasteiger partial charge in [0.25, 0.3) is 5.91 Å². The topological polar surface area (TPSA) is 29.5 Å². The van der Waals surface area contributed by atoms with Crippen molar-refractivity contribution in [1.29, 1.82) is 0 Å². The summed E-state index contributed by atoms with van der Waals surface area (Å²) in [6, 6.07) is 22.2. The van der Waals surface area contributed by atoms with Crippen LogP contribution in [0.15, 0.2) is 66.7 Å². The molecule has 3 heteroatoms. The molecular formula is C24H25NO2. The molecule has 1 amide bonds. The number of nitrogens with zero attached hydrogens (tertiary/aromatic N) is 1. The Bertz CT molecular complexity index is 921. The molecule has 0 atom stereocenters. The van der Waals surface area contributed by atoms with Gasteiger partial charge in [0.15, 0.2) is 0 Å². The largest absolute Gasteiger partial charge is 0.488 e. The predicted octanol–water partition coefficient (Wildman–Crippen LogP) is 5.44. The van der Waals surface area contributed by atoms with Crippen molar-refractivity contribution in [2.75, 3.05) is 13.1 Å². The van der Waals surface area contributed by atoms with Gasteiger partial charge in [0, 0.05) is 24.0 Å². The molecule has 3 aromatic rings. The van der Waals surface area contributed by atoms with Crippen LogP contribution in [0.2, 0.25) is 0 Å². The van der Waals surface area contributed by atoms with Crippen LogP contribution in [0.1, 0.15) is 41.6 Å². The van der Waals surface area contributed by atoms with Gasteiger partial charge in [0.05, 0.1) is 0 Å². The maximum absolute atomic E-state index is 12.8. The maximum atomic E-state index is 12.8. The van der Waals surface area contributed by atoms with Gasteiger partial charge in [0.1, 0.15) is 12.4 Å². The average Bonchev–Trinajstić information content (AvgIpc) is 3.01. The van der Waals surface area contributed by atoms with Gasteiger partial charge in [-0.25, -0.2) is 0 Å². The van der Waals surface area contributed by atoms with E-state index in [1.807, 2.05) is 53.4 Å². The number of rotatable bonds is 4. The highest BCUT2D eigenvalue weighted by molar-refractivity contribution is 5.94. The molecule has 3 aromatic carbocycles. The molecule has 0 aromatic heterocycles. The maximum Gasteiger partial charge on any atom is 0.253 e. The summed E-state index contributed by atoms with van der Waals surface area (Å²) in [5.74, 6) is 1.02. The molecule has 1 aliphatic heterocycles. The summed E-state index contributed by atoms with van der Waals surface area (Å²) in [5.41, 5.74) is 1.78. The lowest BCUT2D eigenvalue weighted by Gasteiger charge is -2.20. The lowest BCUT2D eigenvalue weighted by atomic mass is 10.1. The summed E-state index contributed by atoms with van der Waals surface area (Å²) in [5, 5.41) is 2.27. The van der Waals surface area contributed by atoms with Gasteiger partial charge in [0.2, 0.25) is 0 Å². The van der Waals surface area contributed by atoms with Crippen LogP contribution in [0.5, 0.6) is 5.75 Å². The van der Waals surface area contributed by atoms with Gasteiger partial charge in [-0.15, -0.1) is 0 Å². The Hall–Kier alpha value is -2.81. The third-order valence-corrected chi connectivity index (χ3v) is 5.21. The number of carbonyl (C=O) groups excluding carboxylic acids is 1. The first-order valence-electron chi connectivity index (χ1n) is 9.80. The van der Waals surface area contributed by atoms with Crippen LogP contribution in [0.4, 0.5) is 0 Å². The van der Waals surface area contributed by atoms with Crippen molar-refractivity contribution in [3.05, 3.63) is 77.9 Å². The van der Waals surface area contributed by atoms with E-state index in [0.717, 1.165) is 48.2 Å². The van der Waals surface area contributed by atoms with Crippen LogP contribution in [-0.4, -0.2) is 23.9 Å². The fourth-order valence-electron chi connectivity index (χ4n) is 3.73. The molecule has 3 nitrogen and oxygen atoms in total. The third-order valence-electron chi connectivity index (χ3n) is 5.21. The lowest BCUT2D eigenvalue weighted by molar-refractivity contribution is 0.0761. The molecule has 0 aliphatic carbocycles. The molecule has 0 radical (unpaired) electrons. The fourth-order valence-corrected chi connectivity index (χ4v) is 3.73. The van der Waals surface area contributed by atoms with Crippen molar-refractivity contribution in [2.45, 2.75) is 32.3 Å². The zero-order chi connectivity index (χ0) is 18.5. The first-order valence-corrected chi connectivity index (χ1v) is 9.80. The molecule has 0 bridgehead atoms. The highest BCUT2D eigenvalue weighted by Gasteiger charge is 2.17. The zero-order valence-electron chi connectivity index (χ0n) is 15.6. The fraction of sp³-hybridized carbons (Fsp3) is 0.292. The number of benzene rings is 3. The third kappa shape index (κ3) is 4.13. The first kappa shape index (κ1) is 17.6. The quantitative estimate of drug-likeness (QED) is 0.621.